The van der Waals surface area contributed by atoms with E-state index in [0.717, 1.165) is 5.56 Å². The summed E-state index contributed by atoms with van der Waals surface area (Å²) in [5.74, 6) is 0.284. The molecule has 0 amide bonds. The summed E-state index contributed by atoms with van der Waals surface area (Å²) in [6.07, 6.45) is 0.708. The lowest BCUT2D eigenvalue weighted by Gasteiger charge is -2.11. The Kier molecular flexibility index (Phi) is 5.11. The predicted octanol–water partition coefficient (Wildman–Crippen LogP) is 4.46. The smallest absolute Gasteiger partial charge is 0.329 e. The van der Waals surface area contributed by atoms with E-state index in [1.54, 1.807) is 30.3 Å². The van der Waals surface area contributed by atoms with Gasteiger partial charge >= 0.3 is 12.0 Å². The highest BCUT2D eigenvalue weighted by molar-refractivity contribution is 6.30. The summed E-state index contributed by atoms with van der Waals surface area (Å²) < 4.78 is 10.6. The van der Waals surface area contributed by atoms with Gasteiger partial charge in [0.25, 0.3) is 0 Å². The lowest BCUT2D eigenvalue weighted by Crippen LogP contribution is -2.00. The maximum atomic E-state index is 11.7. The van der Waals surface area contributed by atoms with Gasteiger partial charge in [-0.05, 0) is 40.9 Å². The van der Waals surface area contributed by atoms with Gasteiger partial charge in [0.1, 0.15) is 5.75 Å². The SMILES string of the molecule is COc1nc(Cl)nc(Oc2cccc(-c3ccc(Cl)cc3)c2C=O)n1. The Morgan fingerprint density at radius 2 is 1.68 bits per heavy atom. The van der Waals surface area contributed by atoms with Gasteiger partial charge in [0.2, 0.25) is 5.28 Å². The van der Waals surface area contributed by atoms with E-state index in [2.05, 4.69) is 15.0 Å². The zero-order valence-electron chi connectivity index (χ0n) is 12.9. The maximum absolute atomic E-state index is 11.7. The second-order valence-corrected chi connectivity index (χ2v) is 5.59. The summed E-state index contributed by atoms with van der Waals surface area (Å²) in [6, 6.07) is 12.3. The molecule has 8 heteroatoms. The number of carbonyl (C=O) groups is 1. The highest BCUT2D eigenvalue weighted by Crippen LogP contribution is 2.32. The molecule has 0 N–H and O–H groups in total. The van der Waals surface area contributed by atoms with Crippen LogP contribution in [-0.4, -0.2) is 28.3 Å². The number of hydrogen-bond acceptors (Lipinski definition) is 6. The normalized spacial score (nSPS) is 10.4. The van der Waals surface area contributed by atoms with Crippen molar-refractivity contribution in [3.8, 4) is 28.9 Å². The molecule has 1 heterocycles. The molecule has 0 aliphatic heterocycles. The zero-order valence-corrected chi connectivity index (χ0v) is 14.5. The number of carbonyl (C=O) groups excluding carboxylic acids is 1. The third-order valence-electron chi connectivity index (χ3n) is 3.29. The van der Waals surface area contributed by atoms with Crippen LogP contribution in [0.5, 0.6) is 17.8 Å². The molecule has 6 nitrogen and oxygen atoms in total. The maximum Gasteiger partial charge on any atom is 0.329 e. The van der Waals surface area contributed by atoms with Crippen molar-refractivity contribution in [2.24, 2.45) is 0 Å². The Hall–Kier alpha value is -2.70. The monoisotopic (exact) mass is 375 g/mol. The van der Waals surface area contributed by atoms with Crippen molar-refractivity contribution in [1.29, 1.82) is 0 Å². The predicted molar refractivity (Wildman–Crippen MR) is 93.7 cm³/mol. The van der Waals surface area contributed by atoms with E-state index in [9.17, 15) is 4.79 Å². The van der Waals surface area contributed by atoms with Crippen LogP contribution in [0.1, 0.15) is 10.4 Å². The molecule has 3 aromatic rings. The van der Waals surface area contributed by atoms with Crippen LogP contribution in [0.15, 0.2) is 42.5 Å². The molecule has 0 radical (unpaired) electrons. The summed E-state index contributed by atoms with van der Waals surface area (Å²) in [4.78, 5) is 23.3. The number of rotatable bonds is 5. The summed E-state index contributed by atoms with van der Waals surface area (Å²) in [6.45, 7) is 0. The quantitative estimate of drug-likeness (QED) is 0.612. The average molecular weight is 376 g/mol. The van der Waals surface area contributed by atoms with Crippen molar-refractivity contribution >= 4 is 29.5 Å². The fraction of sp³-hybridized carbons (Fsp3) is 0.0588. The second kappa shape index (κ2) is 7.46. The number of aldehydes is 1. The van der Waals surface area contributed by atoms with Crippen molar-refractivity contribution in [2.75, 3.05) is 7.11 Å². The minimum Gasteiger partial charge on any atom is -0.467 e. The van der Waals surface area contributed by atoms with Crippen LogP contribution >= 0.6 is 23.2 Å². The van der Waals surface area contributed by atoms with Gasteiger partial charge in [-0.1, -0.05) is 35.9 Å². The Bertz CT molecular complexity index is 918. The van der Waals surface area contributed by atoms with E-state index >= 15 is 0 Å². The number of methoxy groups -OCH3 is 1. The lowest BCUT2D eigenvalue weighted by molar-refractivity contribution is 0.112. The Morgan fingerprint density at radius 3 is 2.36 bits per heavy atom. The van der Waals surface area contributed by atoms with Gasteiger partial charge in [-0.25, -0.2) is 0 Å². The zero-order chi connectivity index (χ0) is 17.8. The number of halogens is 2. The molecule has 0 atom stereocenters. The van der Waals surface area contributed by atoms with E-state index in [-0.39, 0.29) is 23.1 Å². The van der Waals surface area contributed by atoms with Crippen LogP contribution < -0.4 is 9.47 Å². The van der Waals surface area contributed by atoms with Crippen LogP contribution in [0.4, 0.5) is 0 Å². The van der Waals surface area contributed by atoms with Crippen LogP contribution in [-0.2, 0) is 0 Å². The standard InChI is InChI=1S/C17H11Cl2N3O3/c1-24-16-20-15(19)21-17(22-16)25-14-4-2-3-12(13(14)9-23)10-5-7-11(18)8-6-10/h2-9H,1H3. The van der Waals surface area contributed by atoms with E-state index in [4.69, 9.17) is 32.7 Å². The molecule has 0 spiro atoms. The largest absolute Gasteiger partial charge is 0.467 e. The fourth-order valence-corrected chi connectivity index (χ4v) is 2.46. The molecule has 0 saturated heterocycles. The van der Waals surface area contributed by atoms with E-state index in [0.29, 0.717) is 22.4 Å². The first-order chi connectivity index (χ1) is 12.1. The first kappa shape index (κ1) is 17.1. The van der Waals surface area contributed by atoms with Crippen molar-refractivity contribution < 1.29 is 14.3 Å². The third-order valence-corrected chi connectivity index (χ3v) is 3.71. The second-order valence-electron chi connectivity index (χ2n) is 4.82. The Morgan fingerprint density at radius 1 is 0.960 bits per heavy atom. The van der Waals surface area contributed by atoms with Crippen LogP contribution in [0.25, 0.3) is 11.1 Å². The van der Waals surface area contributed by atoms with Gasteiger partial charge in [-0.3, -0.25) is 4.79 Å². The minimum atomic E-state index is -0.0802. The van der Waals surface area contributed by atoms with Crippen LogP contribution in [0.3, 0.4) is 0 Å². The molecule has 3 rings (SSSR count). The third kappa shape index (κ3) is 3.87. The summed E-state index contributed by atoms with van der Waals surface area (Å²) >= 11 is 11.7. The molecule has 0 aliphatic carbocycles. The topological polar surface area (TPSA) is 74.2 Å². The number of nitrogens with zero attached hydrogens (tertiary/aromatic N) is 3. The Balaban J connectivity index is 2.03. The van der Waals surface area contributed by atoms with Crippen LogP contribution in [0.2, 0.25) is 10.3 Å². The van der Waals surface area contributed by atoms with E-state index in [1.807, 2.05) is 12.1 Å². The highest BCUT2D eigenvalue weighted by atomic mass is 35.5. The number of benzene rings is 2. The van der Waals surface area contributed by atoms with Gasteiger partial charge in [-0.15, -0.1) is 4.98 Å². The number of hydrogen-bond donors (Lipinski definition) is 0. The molecule has 0 aliphatic rings. The lowest BCUT2D eigenvalue weighted by atomic mass is 10.00. The summed E-state index contributed by atoms with van der Waals surface area (Å²) in [7, 11) is 1.40. The van der Waals surface area contributed by atoms with Gasteiger partial charge in [0.15, 0.2) is 6.29 Å². The average Bonchev–Trinajstić information content (AvgIpc) is 2.61. The number of aromatic nitrogens is 3. The molecule has 126 valence electrons. The van der Waals surface area contributed by atoms with Gasteiger partial charge in [0, 0.05) is 5.02 Å². The highest BCUT2D eigenvalue weighted by Gasteiger charge is 2.14. The van der Waals surface area contributed by atoms with Crippen molar-refractivity contribution in [3.63, 3.8) is 0 Å². The van der Waals surface area contributed by atoms with Gasteiger partial charge in [0.05, 0.1) is 12.7 Å². The summed E-state index contributed by atoms with van der Waals surface area (Å²) in [5.41, 5.74) is 1.86. The first-order valence-electron chi connectivity index (χ1n) is 7.08. The Labute approximate surface area is 153 Å². The fourth-order valence-electron chi connectivity index (χ4n) is 2.19. The molecule has 0 unspecified atom stereocenters. The molecule has 2 aromatic carbocycles. The van der Waals surface area contributed by atoms with E-state index in [1.165, 1.54) is 7.11 Å². The van der Waals surface area contributed by atoms with Crippen molar-refractivity contribution in [1.82, 2.24) is 15.0 Å². The molecular weight excluding hydrogens is 365 g/mol. The molecule has 0 saturated carbocycles. The van der Waals surface area contributed by atoms with Gasteiger partial charge < -0.3 is 9.47 Å². The molecular formula is C17H11Cl2N3O3. The van der Waals surface area contributed by atoms with Gasteiger partial charge in [-0.2, -0.15) is 9.97 Å². The molecule has 0 bridgehead atoms. The minimum absolute atomic E-state index is 0.0107. The first-order valence-corrected chi connectivity index (χ1v) is 7.84. The molecule has 25 heavy (non-hydrogen) atoms. The number of ether oxygens (including phenoxy) is 2. The molecule has 0 fully saturated rings. The van der Waals surface area contributed by atoms with Crippen molar-refractivity contribution in [3.05, 3.63) is 58.3 Å². The summed E-state index contributed by atoms with van der Waals surface area (Å²) in [5, 5.41) is 0.527. The van der Waals surface area contributed by atoms with Crippen molar-refractivity contribution in [2.45, 2.75) is 0 Å². The van der Waals surface area contributed by atoms with Crippen LogP contribution in [0, 0.1) is 0 Å². The molecule has 1 aromatic heterocycles. The van der Waals surface area contributed by atoms with E-state index < -0.39 is 0 Å².